The molecule has 5 heteroatoms. The lowest BCUT2D eigenvalue weighted by atomic mass is 9.34. The summed E-state index contributed by atoms with van der Waals surface area (Å²) in [4.78, 5) is 13.0. The second kappa shape index (κ2) is 13.7. The van der Waals surface area contributed by atoms with Gasteiger partial charge in [-0.3, -0.25) is 4.79 Å². The SMILES string of the molecule is CC1C(C2=CCC(C(=O)OCc3ccccc3)CC2)=CCC2(C)C1CC[C@]1(C)C2CCC2[C@H]3CCCC3(NCCC3(O)CCOCC3)CC[C@]21C. The Morgan fingerprint density at radius 2 is 1.69 bits per heavy atom. The van der Waals surface area contributed by atoms with Crippen molar-refractivity contribution >= 4 is 5.97 Å². The minimum atomic E-state index is -0.545. The van der Waals surface area contributed by atoms with Crippen molar-refractivity contribution in [2.45, 2.75) is 148 Å². The maximum atomic E-state index is 13.0. The maximum absolute atomic E-state index is 13.0. The average Bonchev–Trinajstić information content (AvgIpc) is 3.56. The summed E-state index contributed by atoms with van der Waals surface area (Å²) < 4.78 is 11.3. The Kier molecular flexibility index (Phi) is 9.70. The topological polar surface area (TPSA) is 67.8 Å². The van der Waals surface area contributed by atoms with Crippen LogP contribution < -0.4 is 5.32 Å². The minimum Gasteiger partial charge on any atom is -0.461 e. The van der Waals surface area contributed by atoms with E-state index in [4.69, 9.17) is 9.47 Å². The quantitative estimate of drug-likeness (QED) is 0.265. The van der Waals surface area contributed by atoms with E-state index in [1.165, 1.54) is 69.8 Å². The Labute approximate surface area is 308 Å². The number of rotatable bonds is 8. The van der Waals surface area contributed by atoms with Gasteiger partial charge in [-0.25, -0.2) is 0 Å². The van der Waals surface area contributed by atoms with Crippen molar-refractivity contribution in [1.82, 2.24) is 5.32 Å². The third-order valence-electron chi connectivity index (χ3n) is 17.4. The number of nitrogens with one attached hydrogen (secondary N) is 1. The van der Waals surface area contributed by atoms with E-state index in [0.717, 1.165) is 74.3 Å². The van der Waals surface area contributed by atoms with Crippen molar-refractivity contribution in [1.29, 1.82) is 0 Å². The van der Waals surface area contributed by atoms with Crippen molar-refractivity contribution in [3.8, 4) is 0 Å². The number of fused-ring (bicyclic) bond motifs is 7. The first-order valence-electron chi connectivity index (χ1n) is 21.2. The number of aliphatic hydroxyl groups is 1. The predicted octanol–water partition coefficient (Wildman–Crippen LogP) is 9.73. The Bertz CT molecular complexity index is 1500. The molecule has 10 atom stereocenters. The van der Waals surface area contributed by atoms with E-state index in [1.54, 1.807) is 5.57 Å². The molecular formula is C46H67NO4. The fraction of sp³-hybridized carbons (Fsp3) is 0.761. The van der Waals surface area contributed by atoms with Crippen LogP contribution in [0, 0.1) is 51.8 Å². The summed E-state index contributed by atoms with van der Waals surface area (Å²) in [6.45, 7) is 13.5. The van der Waals surface area contributed by atoms with E-state index >= 15 is 0 Å². The van der Waals surface area contributed by atoms with Crippen LogP contribution in [0.3, 0.4) is 0 Å². The molecule has 1 aromatic carbocycles. The van der Waals surface area contributed by atoms with Crippen molar-refractivity contribution in [3.63, 3.8) is 0 Å². The highest BCUT2D eigenvalue weighted by atomic mass is 16.5. The van der Waals surface area contributed by atoms with Crippen LogP contribution in [-0.4, -0.2) is 42.0 Å². The number of carbonyl (C=O) groups excluding carboxylic acids is 1. The number of esters is 1. The lowest BCUT2D eigenvalue weighted by Crippen LogP contribution is -2.67. The first-order valence-corrected chi connectivity index (χ1v) is 21.2. The molecule has 5 fully saturated rings. The molecule has 51 heavy (non-hydrogen) atoms. The number of hydrogen-bond acceptors (Lipinski definition) is 5. The van der Waals surface area contributed by atoms with Crippen molar-refractivity contribution in [2.75, 3.05) is 19.8 Å². The van der Waals surface area contributed by atoms with Gasteiger partial charge in [-0.15, -0.1) is 0 Å². The average molecular weight is 698 g/mol. The van der Waals surface area contributed by atoms with E-state index in [-0.39, 0.29) is 17.4 Å². The van der Waals surface area contributed by atoms with E-state index in [2.05, 4.69) is 45.2 Å². The van der Waals surface area contributed by atoms with Crippen molar-refractivity contribution in [2.24, 2.45) is 51.8 Å². The molecule has 4 saturated carbocycles. The van der Waals surface area contributed by atoms with Gasteiger partial charge in [0.15, 0.2) is 0 Å². The molecule has 1 heterocycles. The lowest BCUT2D eigenvalue weighted by Gasteiger charge is -2.71. The third kappa shape index (κ3) is 6.12. The summed E-state index contributed by atoms with van der Waals surface area (Å²) >= 11 is 0. The molecule has 6 aliphatic carbocycles. The molecule has 2 N–H and O–H groups in total. The van der Waals surface area contributed by atoms with Gasteiger partial charge in [-0.05, 0) is 165 Å². The molecule has 1 saturated heterocycles. The summed E-state index contributed by atoms with van der Waals surface area (Å²) in [5.41, 5.74) is 5.03. The molecule has 0 amide bonds. The van der Waals surface area contributed by atoms with Gasteiger partial charge in [0.05, 0.1) is 11.5 Å². The zero-order chi connectivity index (χ0) is 35.5. The highest BCUT2D eigenvalue weighted by molar-refractivity contribution is 5.73. The van der Waals surface area contributed by atoms with Gasteiger partial charge < -0.3 is 19.9 Å². The van der Waals surface area contributed by atoms with Crippen LogP contribution >= 0.6 is 0 Å². The molecule has 0 bridgehead atoms. The fourth-order valence-corrected chi connectivity index (χ4v) is 14.2. The van der Waals surface area contributed by atoms with Gasteiger partial charge in [0.25, 0.3) is 0 Å². The molecule has 7 aliphatic rings. The Morgan fingerprint density at radius 1 is 0.882 bits per heavy atom. The van der Waals surface area contributed by atoms with E-state index in [0.29, 0.717) is 42.0 Å². The molecule has 0 aromatic heterocycles. The number of allylic oxidation sites excluding steroid dienone is 4. The lowest BCUT2D eigenvalue weighted by molar-refractivity contribution is -0.212. The number of benzene rings is 1. The summed E-state index contributed by atoms with van der Waals surface area (Å²) in [7, 11) is 0. The summed E-state index contributed by atoms with van der Waals surface area (Å²) in [5, 5.41) is 15.4. The maximum Gasteiger partial charge on any atom is 0.309 e. The van der Waals surface area contributed by atoms with E-state index in [1.807, 2.05) is 30.3 Å². The summed E-state index contributed by atoms with van der Waals surface area (Å²) in [6, 6.07) is 10.0. The van der Waals surface area contributed by atoms with Crippen LogP contribution in [0.2, 0.25) is 0 Å². The Balaban J connectivity index is 0.938. The van der Waals surface area contributed by atoms with E-state index < -0.39 is 5.60 Å². The van der Waals surface area contributed by atoms with Crippen LogP contribution in [-0.2, 0) is 20.9 Å². The first kappa shape index (κ1) is 36.0. The molecule has 7 unspecified atom stereocenters. The highest BCUT2D eigenvalue weighted by Crippen LogP contribution is 2.75. The van der Waals surface area contributed by atoms with Gasteiger partial charge in [0, 0.05) is 18.8 Å². The molecule has 5 nitrogen and oxygen atoms in total. The normalized spacial score (nSPS) is 43.1. The zero-order valence-electron chi connectivity index (χ0n) is 32.3. The number of hydrogen-bond donors (Lipinski definition) is 2. The molecule has 0 spiro atoms. The van der Waals surface area contributed by atoms with Crippen molar-refractivity contribution < 1.29 is 19.4 Å². The van der Waals surface area contributed by atoms with Crippen LogP contribution in [0.4, 0.5) is 0 Å². The number of ether oxygens (including phenoxy) is 2. The monoisotopic (exact) mass is 698 g/mol. The van der Waals surface area contributed by atoms with Crippen LogP contribution in [0.5, 0.6) is 0 Å². The molecule has 0 radical (unpaired) electrons. The predicted molar refractivity (Wildman–Crippen MR) is 204 cm³/mol. The van der Waals surface area contributed by atoms with Crippen LogP contribution in [0.1, 0.15) is 136 Å². The van der Waals surface area contributed by atoms with Gasteiger partial charge >= 0.3 is 5.97 Å². The summed E-state index contributed by atoms with van der Waals surface area (Å²) in [5.74, 6) is 3.62. The standard InChI is InChI=1S/C46H67NO4/c1-32-36(34-12-14-35(15-13-34)41(48)51-31-33-9-6-5-7-10-33)18-21-42(2)37(32)19-22-44(4)40(42)17-16-38-39-11-8-20-46(39,24-23-43(38,44)3)47-28-25-45(49)26-29-50-30-27-45/h5-7,9-10,12,18,32,35,37-40,47,49H,8,11,13-17,19-31H2,1-4H3/t32?,35?,37?,38?,39-,40?,42?,43-,44-,46?/m1/s1. The molecular weight excluding hydrogens is 631 g/mol. The molecule has 8 rings (SSSR count). The van der Waals surface area contributed by atoms with Gasteiger partial charge in [-0.1, -0.05) is 76.6 Å². The minimum absolute atomic E-state index is 0.0175. The zero-order valence-corrected chi connectivity index (χ0v) is 32.3. The van der Waals surface area contributed by atoms with Gasteiger partial charge in [-0.2, -0.15) is 0 Å². The third-order valence-corrected chi connectivity index (χ3v) is 17.4. The van der Waals surface area contributed by atoms with Crippen LogP contribution in [0.15, 0.2) is 53.6 Å². The van der Waals surface area contributed by atoms with Gasteiger partial charge in [0.2, 0.25) is 0 Å². The summed E-state index contributed by atoms with van der Waals surface area (Å²) in [6.07, 6.45) is 23.6. The Morgan fingerprint density at radius 3 is 2.45 bits per heavy atom. The molecule has 1 aromatic rings. The highest BCUT2D eigenvalue weighted by Gasteiger charge is 2.68. The van der Waals surface area contributed by atoms with E-state index in [9.17, 15) is 9.90 Å². The molecule has 280 valence electrons. The first-order chi connectivity index (χ1) is 24.5. The van der Waals surface area contributed by atoms with Crippen molar-refractivity contribution in [3.05, 3.63) is 59.2 Å². The molecule has 1 aliphatic heterocycles. The number of carbonyl (C=O) groups is 1. The van der Waals surface area contributed by atoms with Crippen LogP contribution in [0.25, 0.3) is 0 Å². The Hall–Kier alpha value is -1.95. The van der Waals surface area contributed by atoms with Gasteiger partial charge in [0.1, 0.15) is 6.61 Å². The second-order valence-electron chi connectivity index (χ2n) is 19.3. The fourth-order valence-electron chi connectivity index (χ4n) is 14.2. The second-order valence-corrected chi connectivity index (χ2v) is 19.3. The smallest absolute Gasteiger partial charge is 0.309 e. The largest absolute Gasteiger partial charge is 0.461 e.